The van der Waals surface area contributed by atoms with Gasteiger partial charge in [-0.05, 0) is 73.7 Å². The summed E-state index contributed by atoms with van der Waals surface area (Å²) in [7, 11) is 0. The number of halogens is 7. The smallest absolute Gasteiger partial charge is 0.379 e. The predicted octanol–water partition coefficient (Wildman–Crippen LogP) is 6.52. The Bertz CT molecular complexity index is 1120. The standard InChI is InChI=1S/C29H33F7N2O2/c1-18(21-13-22(28(31,32)33)15-23(14-21)29(34,35)36)40-26-17-38-7-6-19(16-37-8-10-39-11-9-37)12-25(38)27(26)20-2-4-24(30)5-3-20/h2-5,13-15,18-19,25-27H,6-12,16-17H2,1H3/t18-,19?,25?,26+,27?/m1/s1. The van der Waals surface area contributed by atoms with Gasteiger partial charge in [-0.1, -0.05) is 12.1 Å². The number of hydrogen-bond acceptors (Lipinski definition) is 4. The largest absolute Gasteiger partial charge is 0.416 e. The van der Waals surface area contributed by atoms with Gasteiger partial charge < -0.3 is 9.47 Å². The Balaban J connectivity index is 1.40. The van der Waals surface area contributed by atoms with Gasteiger partial charge in [0.25, 0.3) is 0 Å². The van der Waals surface area contributed by atoms with Crippen molar-refractivity contribution in [2.75, 3.05) is 45.9 Å². The predicted molar refractivity (Wildman–Crippen MR) is 134 cm³/mol. The third-order valence-corrected chi connectivity index (χ3v) is 8.43. The first-order valence-electron chi connectivity index (χ1n) is 13.6. The summed E-state index contributed by atoms with van der Waals surface area (Å²) in [5.74, 6) is -0.165. The Morgan fingerprint density at radius 3 is 2.15 bits per heavy atom. The molecule has 3 unspecified atom stereocenters. The molecule has 0 N–H and O–H groups in total. The van der Waals surface area contributed by atoms with E-state index in [0.29, 0.717) is 25.7 Å². The molecule has 0 aliphatic carbocycles. The Kier molecular flexibility index (Phi) is 8.48. The number of alkyl halides is 6. The van der Waals surface area contributed by atoms with Crippen molar-refractivity contribution in [1.82, 2.24) is 9.80 Å². The van der Waals surface area contributed by atoms with E-state index in [1.165, 1.54) is 19.1 Å². The molecule has 3 aliphatic rings. The molecule has 0 amide bonds. The van der Waals surface area contributed by atoms with Crippen molar-refractivity contribution in [3.8, 4) is 0 Å². The van der Waals surface area contributed by atoms with Gasteiger partial charge in [-0.15, -0.1) is 0 Å². The summed E-state index contributed by atoms with van der Waals surface area (Å²) in [6.45, 7) is 6.91. The highest BCUT2D eigenvalue weighted by molar-refractivity contribution is 5.35. The molecule has 5 atom stereocenters. The van der Waals surface area contributed by atoms with E-state index in [1.54, 1.807) is 12.1 Å². The molecule has 0 spiro atoms. The van der Waals surface area contributed by atoms with Crippen molar-refractivity contribution < 1.29 is 40.2 Å². The topological polar surface area (TPSA) is 24.9 Å². The first-order valence-corrected chi connectivity index (χ1v) is 13.6. The summed E-state index contributed by atoms with van der Waals surface area (Å²) in [4.78, 5) is 4.70. The molecule has 11 heteroatoms. The van der Waals surface area contributed by atoms with Crippen LogP contribution in [0.15, 0.2) is 42.5 Å². The fourth-order valence-electron chi connectivity index (χ4n) is 6.43. The minimum Gasteiger partial charge on any atom is -0.379 e. The number of ether oxygens (including phenoxy) is 2. The van der Waals surface area contributed by atoms with E-state index in [4.69, 9.17) is 9.47 Å². The second-order valence-corrected chi connectivity index (χ2v) is 11.1. The molecule has 2 aromatic carbocycles. The zero-order valence-electron chi connectivity index (χ0n) is 22.1. The van der Waals surface area contributed by atoms with Crippen LogP contribution in [-0.4, -0.2) is 67.9 Å². The minimum absolute atomic E-state index is 0.0645. The van der Waals surface area contributed by atoms with Crippen LogP contribution in [0, 0.1) is 11.7 Å². The number of benzene rings is 2. The fourth-order valence-corrected chi connectivity index (χ4v) is 6.43. The van der Waals surface area contributed by atoms with Crippen LogP contribution in [0.25, 0.3) is 0 Å². The van der Waals surface area contributed by atoms with Crippen LogP contribution in [0.3, 0.4) is 0 Å². The zero-order valence-corrected chi connectivity index (χ0v) is 22.1. The van der Waals surface area contributed by atoms with Crippen LogP contribution >= 0.6 is 0 Å². The third-order valence-electron chi connectivity index (χ3n) is 8.43. The maximum atomic E-state index is 13.8. The average molecular weight is 575 g/mol. The van der Waals surface area contributed by atoms with Crippen molar-refractivity contribution in [1.29, 1.82) is 0 Å². The Labute approximate surface area is 229 Å². The van der Waals surface area contributed by atoms with E-state index in [9.17, 15) is 30.7 Å². The molecule has 3 aliphatic heterocycles. The van der Waals surface area contributed by atoms with Gasteiger partial charge in [-0.2, -0.15) is 26.3 Å². The van der Waals surface area contributed by atoms with E-state index < -0.39 is 35.7 Å². The van der Waals surface area contributed by atoms with Gasteiger partial charge in [0.05, 0.1) is 36.5 Å². The van der Waals surface area contributed by atoms with Crippen molar-refractivity contribution in [2.45, 2.75) is 56.3 Å². The summed E-state index contributed by atoms with van der Waals surface area (Å²) in [5, 5.41) is 0. The summed E-state index contributed by atoms with van der Waals surface area (Å²) < 4.78 is 106. The number of hydrogen-bond donors (Lipinski definition) is 0. The van der Waals surface area contributed by atoms with Gasteiger partial charge in [-0.3, -0.25) is 9.80 Å². The van der Waals surface area contributed by atoms with Gasteiger partial charge in [0.1, 0.15) is 5.82 Å². The lowest BCUT2D eigenvalue weighted by molar-refractivity contribution is -0.143. The number of nitrogens with zero attached hydrogens (tertiary/aromatic N) is 2. The molecular weight excluding hydrogens is 541 g/mol. The molecule has 0 radical (unpaired) electrons. The lowest BCUT2D eigenvalue weighted by Gasteiger charge is -2.39. The van der Waals surface area contributed by atoms with Crippen LogP contribution < -0.4 is 0 Å². The van der Waals surface area contributed by atoms with E-state index in [0.717, 1.165) is 56.7 Å². The minimum atomic E-state index is -4.93. The van der Waals surface area contributed by atoms with Crippen LogP contribution in [0.2, 0.25) is 0 Å². The van der Waals surface area contributed by atoms with E-state index in [2.05, 4.69) is 9.80 Å². The van der Waals surface area contributed by atoms with E-state index in [1.807, 2.05) is 0 Å². The van der Waals surface area contributed by atoms with Gasteiger partial charge in [0, 0.05) is 38.1 Å². The average Bonchev–Trinajstić information content (AvgIpc) is 3.25. The molecule has 0 bridgehead atoms. The quantitative estimate of drug-likeness (QED) is 0.367. The number of piperidine rings is 1. The van der Waals surface area contributed by atoms with Gasteiger partial charge >= 0.3 is 12.4 Å². The molecule has 0 saturated carbocycles. The van der Waals surface area contributed by atoms with Crippen LogP contribution in [0.5, 0.6) is 0 Å². The summed E-state index contributed by atoms with van der Waals surface area (Å²) in [6.07, 6.45) is -9.53. The highest BCUT2D eigenvalue weighted by atomic mass is 19.4. The molecule has 5 rings (SSSR count). The van der Waals surface area contributed by atoms with Crippen LogP contribution in [0.4, 0.5) is 30.7 Å². The fraction of sp³-hybridized carbons (Fsp3) is 0.586. The van der Waals surface area contributed by atoms with Gasteiger partial charge in [0.2, 0.25) is 0 Å². The monoisotopic (exact) mass is 574 g/mol. The lowest BCUT2D eigenvalue weighted by atomic mass is 9.81. The van der Waals surface area contributed by atoms with Gasteiger partial charge in [-0.25, -0.2) is 4.39 Å². The molecular formula is C29H33F7N2O2. The number of fused-ring (bicyclic) bond motifs is 1. The molecule has 4 nitrogen and oxygen atoms in total. The van der Waals surface area contributed by atoms with Crippen molar-refractivity contribution in [3.63, 3.8) is 0 Å². The summed E-state index contributed by atoms with van der Waals surface area (Å²) in [6, 6.07) is 7.78. The van der Waals surface area contributed by atoms with Crippen molar-refractivity contribution >= 4 is 0 Å². The maximum Gasteiger partial charge on any atom is 0.416 e. The SMILES string of the molecule is C[C@@H](O[C@H]1CN2CCC(CN3CCOCC3)CC2C1c1ccc(F)cc1)c1cc(C(F)(F)F)cc(C(F)(F)F)c1. The van der Waals surface area contributed by atoms with Crippen LogP contribution in [-0.2, 0) is 21.8 Å². The normalized spacial score (nSPS) is 27.5. The first-order chi connectivity index (χ1) is 18.9. The molecule has 0 aromatic heterocycles. The van der Waals surface area contributed by atoms with E-state index in [-0.39, 0.29) is 29.4 Å². The van der Waals surface area contributed by atoms with Crippen molar-refractivity contribution in [3.05, 3.63) is 70.5 Å². The van der Waals surface area contributed by atoms with Crippen LogP contribution in [0.1, 0.15) is 54.0 Å². The Morgan fingerprint density at radius 2 is 1.55 bits per heavy atom. The highest BCUT2D eigenvalue weighted by Crippen LogP contribution is 2.44. The Hall–Kier alpha value is -2.21. The van der Waals surface area contributed by atoms with E-state index >= 15 is 0 Å². The number of morpholine rings is 1. The molecule has 40 heavy (non-hydrogen) atoms. The number of rotatable bonds is 6. The van der Waals surface area contributed by atoms with Crippen molar-refractivity contribution in [2.24, 2.45) is 5.92 Å². The second-order valence-electron chi connectivity index (χ2n) is 11.1. The highest BCUT2D eigenvalue weighted by Gasteiger charge is 2.47. The lowest BCUT2D eigenvalue weighted by Crippen LogP contribution is -2.45. The third kappa shape index (κ3) is 6.64. The first kappa shape index (κ1) is 29.3. The molecule has 2 aromatic rings. The maximum absolute atomic E-state index is 13.8. The Morgan fingerprint density at radius 1 is 0.925 bits per heavy atom. The zero-order chi connectivity index (χ0) is 28.7. The molecule has 3 saturated heterocycles. The summed E-state index contributed by atoms with van der Waals surface area (Å²) >= 11 is 0. The molecule has 3 fully saturated rings. The molecule has 220 valence electrons. The second kappa shape index (κ2) is 11.6. The summed E-state index contributed by atoms with van der Waals surface area (Å²) in [5.41, 5.74) is -2.07. The van der Waals surface area contributed by atoms with Gasteiger partial charge in [0.15, 0.2) is 0 Å². The molecule has 3 heterocycles.